The zero-order valence-corrected chi connectivity index (χ0v) is 19.0. The average Bonchev–Trinajstić information content (AvgIpc) is 3.15. The molecule has 2 aromatic rings. The Morgan fingerprint density at radius 1 is 1.06 bits per heavy atom. The lowest BCUT2D eigenvalue weighted by Crippen LogP contribution is -2.36. The number of non-ortho nitro benzene ring substituents is 2. The minimum Gasteiger partial charge on any atom is -0.462 e. The third kappa shape index (κ3) is 5.11. The molecule has 1 aromatic carbocycles. The maximum atomic E-state index is 12.9. The Hall–Kier alpha value is -4.07. The Balaban J connectivity index is 1.98. The maximum Gasteiger partial charge on any atom is 0.410 e. The summed E-state index contributed by atoms with van der Waals surface area (Å²) in [4.78, 5) is 60.4. The van der Waals surface area contributed by atoms with Gasteiger partial charge in [0.1, 0.15) is 5.00 Å². The summed E-state index contributed by atoms with van der Waals surface area (Å²) in [6, 6.07) is 2.55. The van der Waals surface area contributed by atoms with Crippen molar-refractivity contribution in [1.29, 1.82) is 0 Å². The topological polar surface area (TPSA) is 171 Å². The molecule has 14 heteroatoms. The highest BCUT2D eigenvalue weighted by atomic mass is 32.1. The number of carbonyl (C=O) groups is 3. The summed E-state index contributed by atoms with van der Waals surface area (Å²) in [5, 5.41) is 24.9. The Bertz CT molecular complexity index is 1140. The average molecular weight is 492 g/mol. The molecule has 1 aromatic heterocycles. The van der Waals surface area contributed by atoms with Gasteiger partial charge < -0.3 is 19.7 Å². The van der Waals surface area contributed by atoms with Crippen molar-refractivity contribution in [2.45, 2.75) is 26.8 Å². The molecule has 3 rings (SSSR count). The van der Waals surface area contributed by atoms with E-state index in [1.807, 2.05) is 0 Å². The second-order valence-electron chi connectivity index (χ2n) is 7.01. The van der Waals surface area contributed by atoms with Gasteiger partial charge in [0.2, 0.25) is 0 Å². The van der Waals surface area contributed by atoms with E-state index in [1.54, 1.807) is 13.8 Å². The summed E-state index contributed by atoms with van der Waals surface area (Å²) in [6.07, 6.45) is -0.189. The van der Waals surface area contributed by atoms with E-state index >= 15 is 0 Å². The standard InChI is InChI=1S/C20H20N4O9S/c1-3-32-19(26)16-14-5-6-22(20(27)33-4-2)10-15(14)34-18(16)21-17(25)11-7-12(23(28)29)9-13(8-11)24(30)31/h7-9H,3-6,10H2,1-2H3,(H,21,25). The minimum absolute atomic E-state index is 0.0862. The Morgan fingerprint density at radius 2 is 1.68 bits per heavy atom. The third-order valence-electron chi connectivity index (χ3n) is 4.88. The number of nitrogens with zero attached hydrogens (tertiary/aromatic N) is 3. The zero-order chi connectivity index (χ0) is 25.0. The van der Waals surface area contributed by atoms with Crippen LogP contribution in [0.3, 0.4) is 0 Å². The van der Waals surface area contributed by atoms with Crippen LogP contribution in [0.15, 0.2) is 18.2 Å². The van der Waals surface area contributed by atoms with E-state index in [0.29, 0.717) is 23.4 Å². The van der Waals surface area contributed by atoms with Gasteiger partial charge in [-0.15, -0.1) is 11.3 Å². The fraction of sp³-hybridized carbons (Fsp3) is 0.350. The number of ether oxygens (including phenoxy) is 2. The quantitative estimate of drug-likeness (QED) is 0.345. The highest BCUT2D eigenvalue weighted by Crippen LogP contribution is 2.38. The molecule has 0 unspecified atom stereocenters. The summed E-state index contributed by atoms with van der Waals surface area (Å²) in [6.45, 7) is 4.05. The molecule has 2 heterocycles. The Morgan fingerprint density at radius 3 is 2.24 bits per heavy atom. The summed E-state index contributed by atoms with van der Waals surface area (Å²) >= 11 is 1.05. The first-order chi connectivity index (χ1) is 16.2. The lowest BCUT2D eigenvalue weighted by molar-refractivity contribution is -0.394. The molecule has 0 bridgehead atoms. The number of fused-ring (bicyclic) bond motifs is 1. The number of esters is 1. The predicted molar refractivity (Wildman–Crippen MR) is 119 cm³/mol. The number of thiophene rings is 1. The molecule has 1 aliphatic rings. The molecular formula is C20H20N4O9S. The Kier molecular flexibility index (Phi) is 7.40. The molecule has 180 valence electrons. The van der Waals surface area contributed by atoms with Crippen molar-refractivity contribution in [2.24, 2.45) is 0 Å². The van der Waals surface area contributed by atoms with Gasteiger partial charge in [-0.25, -0.2) is 9.59 Å². The van der Waals surface area contributed by atoms with Gasteiger partial charge in [-0.1, -0.05) is 0 Å². The van der Waals surface area contributed by atoms with Crippen LogP contribution in [0, 0.1) is 20.2 Å². The predicted octanol–water partition coefficient (Wildman–Crippen LogP) is 3.51. The second-order valence-corrected chi connectivity index (χ2v) is 8.11. The summed E-state index contributed by atoms with van der Waals surface area (Å²) in [7, 11) is 0. The SMILES string of the molecule is CCOC(=O)c1c(NC(=O)c2cc([N+](=O)[O-])cc([N+](=O)[O-])c2)sc2c1CCN(C(=O)OCC)C2. The Labute approximate surface area is 196 Å². The maximum absolute atomic E-state index is 12.9. The molecule has 0 aliphatic carbocycles. The second kappa shape index (κ2) is 10.2. The zero-order valence-electron chi connectivity index (χ0n) is 18.2. The van der Waals surface area contributed by atoms with E-state index in [-0.39, 0.29) is 35.9 Å². The summed E-state index contributed by atoms with van der Waals surface area (Å²) in [5.74, 6) is -1.55. The van der Waals surface area contributed by atoms with Crippen LogP contribution < -0.4 is 5.32 Å². The normalized spacial score (nSPS) is 12.5. The highest BCUT2D eigenvalue weighted by Gasteiger charge is 2.32. The number of carbonyl (C=O) groups excluding carboxylic acids is 3. The number of nitrogens with one attached hydrogen (secondary N) is 1. The molecule has 34 heavy (non-hydrogen) atoms. The molecular weight excluding hydrogens is 472 g/mol. The number of benzene rings is 1. The first-order valence-corrected chi connectivity index (χ1v) is 11.0. The van der Waals surface area contributed by atoms with Crippen LogP contribution in [-0.2, 0) is 22.4 Å². The summed E-state index contributed by atoms with van der Waals surface area (Å²) < 4.78 is 10.1. The largest absolute Gasteiger partial charge is 0.462 e. The van der Waals surface area contributed by atoms with Crippen molar-refractivity contribution < 1.29 is 33.7 Å². The van der Waals surface area contributed by atoms with Crippen LogP contribution in [0.25, 0.3) is 0 Å². The number of hydrogen-bond donors (Lipinski definition) is 1. The fourth-order valence-corrected chi connectivity index (χ4v) is 4.64. The van der Waals surface area contributed by atoms with Crippen LogP contribution in [-0.4, -0.2) is 52.5 Å². The summed E-state index contributed by atoms with van der Waals surface area (Å²) in [5.41, 5.74) is -0.834. The van der Waals surface area contributed by atoms with Crippen LogP contribution in [0.4, 0.5) is 21.2 Å². The molecule has 0 fully saturated rings. The van der Waals surface area contributed by atoms with Crippen molar-refractivity contribution in [3.8, 4) is 0 Å². The third-order valence-corrected chi connectivity index (χ3v) is 6.01. The smallest absolute Gasteiger partial charge is 0.410 e. The molecule has 0 spiro atoms. The first kappa shape index (κ1) is 24.6. The lowest BCUT2D eigenvalue weighted by atomic mass is 10.0. The van der Waals surface area contributed by atoms with Gasteiger partial charge in [-0.2, -0.15) is 0 Å². The monoisotopic (exact) mass is 492 g/mol. The van der Waals surface area contributed by atoms with Gasteiger partial charge in [0, 0.05) is 23.6 Å². The molecule has 1 aliphatic heterocycles. The van der Waals surface area contributed by atoms with E-state index < -0.39 is 39.2 Å². The van der Waals surface area contributed by atoms with Crippen LogP contribution >= 0.6 is 11.3 Å². The van der Waals surface area contributed by atoms with Crippen LogP contribution in [0.1, 0.15) is 45.0 Å². The number of rotatable bonds is 7. The molecule has 0 saturated heterocycles. The number of anilines is 1. The number of nitro groups is 2. The highest BCUT2D eigenvalue weighted by molar-refractivity contribution is 7.17. The molecule has 2 amide bonds. The van der Waals surface area contributed by atoms with E-state index in [4.69, 9.17) is 9.47 Å². The molecule has 0 radical (unpaired) electrons. The van der Waals surface area contributed by atoms with Gasteiger partial charge in [0.15, 0.2) is 0 Å². The lowest BCUT2D eigenvalue weighted by Gasteiger charge is -2.26. The molecule has 13 nitrogen and oxygen atoms in total. The van der Waals surface area contributed by atoms with Crippen molar-refractivity contribution in [2.75, 3.05) is 25.1 Å². The van der Waals surface area contributed by atoms with E-state index in [1.165, 1.54) is 4.90 Å². The van der Waals surface area contributed by atoms with E-state index in [2.05, 4.69) is 5.32 Å². The van der Waals surface area contributed by atoms with Gasteiger partial charge >= 0.3 is 12.1 Å². The van der Waals surface area contributed by atoms with Gasteiger partial charge in [0.25, 0.3) is 17.3 Å². The molecule has 0 saturated carbocycles. The molecule has 0 atom stereocenters. The van der Waals surface area contributed by atoms with Crippen molar-refractivity contribution in [3.05, 3.63) is 60.0 Å². The number of hydrogen-bond acceptors (Lipinski definition) is 10. The van der Waals surface area contributed by atoms with Crippen molar-refractivity contribution in [3.63, 3.8) is 0 Å². The number of nitro benzene ring substituents is 2. The van der Waals surface area contributed by atoms with E-state index in [9.17, 15) is 34.6 Å². The van der Waals surface area contributed by atoms with Gasteiger partial charge in [-0.3, -0.25) is 25.0 Å². The minimum atomic E-state index is -0.877. The van der Waals surface area contributed by atoms with Crippen LogP contribution in [0.5, 0.6) is 0 Å². The number of amides is 2. The first-order valence-electron chi connectivity index (χ1n) is 10.1. The molecule has 1 N–H and O–H groups in total. The fourth-order valence-electron chi connectivity index (χ4n) is 3.39. The van der Waals surface area contributed by atoms with Crippen molar-refractivity contribution in [1.82, 2.24) is 4.90 Å². The van der Waals surface area contributed by atoms with Gasteiger partial charge in [-0.05, 0) is 25.8 Å². The van der Waals surface area contributed by atoms with E-state index in [0.717, 1.165) is 29.5 Å². The van der Waals surface area contributed by atoms with Crippen molar-refractivity contribution >= 4 is 45.7 Å². The van der Waals surface area contributed by atoms with Crippen LogP contribution in [0.2, 0.25) is 0 Å². The van der Waals surface area contributed by atoms with Gasteiger partial charge in [0.05, 0.1) is 46.8 Å².